The van der Waals surface area contributed by atoms with E-state index < -0.39 is 26.7 Å². The van der Waals surface area contributed by atoms with Crippen molar-refractivity contribution in [3.63, 3.8) is 0 Å². The van der Waals surface area contributed by atoms with Crippen molar-refractivity contribution in [2.75, 3.05) is 11.9 Å². The van der Waals surface area contributed by atoms with E-state index >= 15 is 0 Å². The first-order valence-electron chi connectivity index (χ1n) is 5.76. The van der Waals surface area contributed by atoms with E-state index in [-0.39, 0.29) is 42.1 Å². The van der Waals surface area contributed by atoms with Gasteiger partial charge in [-0.25, -0.2) is 9.97 Å². The normalized spacial score (nSPS) is 12.7. The van der Waals surface area contributed by atoms with Crippen LogP contribution in [0.2, 0.25) is 0 Å². The minimum Gasteiger partial charge on any atom is -0.367 e. The molecule has 0 bridgehead atoms. The number of rotatable bonds is 6. The quantitative estimate of drug-likeness (QED) is 0.286. The van der Waals surface area contributed by atoms with Crippen molar-refractivity contribution in [1.82, 2.24) is 9.97 Å². The smallest absolute Gasteiger partial charge is 0.367 e. The molecule has 0 spiro atoms. The Labute approximate surface area is 149 Å². The van der Waals surface area contributed by atoms with E-state index in [4.69, 9.17) is 19.6 Å². The van der Waals surface area contributed by atoms with Crippen molar-refractivity contribution in [2.24, 2.45) is 0 Å². The molecule has 121 valence electrons. The van der Waals surface area contributed by atoms with Gasteiger partial charge in [-0.05, 0) is 19.9 Å². The largest absolute Gasteiger partial charge is 0.369 e. The van der Waals surface area contributed by atoms with Crippen molar-refractivity contribution in [3.8, 4) is 0 Å². The van der Waals surface area contributed by atoms with Gasteiger partial charge in [0.05, 0.1) is 0 Å². The molecule has 1 aromatic rings. The van der Waals surface area contributed by atoms with Crippen LogP contribution in [0.3, 0.4) is 0 Å². The summed E-state index contributed by atoms with van der Waals surface area (Å²) < 4.78 is 22.3. The molecule has 0 aromatic carbocycles. The Hall–Kier alpha value is 0.140. The average Bonchev–Trinajstić information content (AvgIpc) is 2.24. The molecular weight excluding hydrogens is 347 g/mol. The van der Waals surface area contributed by atoms with Gasteiger partial charge in [-0.1, -0.05) is 0 Å². The van der Waals surface area contributed by atoms with Gasteiger partial charge >= 0.3 is 15.2 Å². The Morgan fingerprint density at radius 3 is 1.86 bits per heavy atom. The number of aliphatic hydroxyl groups is 1. The first kappa shape index (κ1) is 22.1. The minimum absolute atomic E-state index is 0. The molecule has 0 fully saturated rings. The third-order valence-corrected chi connectivity index (χ3v) is 6.54. The second-order valence-electron chi connectivity index (χ2n) is 4.51. The summed E-state index contributed by atoms with van der Waals surface area (Å²) in [5.74, 6) is 0.131. The van der Waals surface area contributed by atoms with Gasteiger partial charge in [0.25, 0.3) is 5.08 Å². The van der Waals surface area contributed by atoms with Gasteiger partial charge in [-0.15, -0.1) is 0 Å². The van der Waals surface area contributed by atoms with E-state index in [1.54, 1.807) is 19.9 Å². The number of nitrogens with zero attached hydrogens (tertiary/aromatic N) is 2. The first-order chi connectivity index (χ1) is 9.37. The summed E-state index contributed by atoms with van der Waals surface area (Å²) >= 11 is 0. The van der Waals surface area contributed by atoms with Crippen LogP contribution in [0.25, 0.3) is 0 Å². The van der Waals surface area contributed by atoms with Crippen LogP contribution in [0.5, 0.6) is 0 Å². The van der Waals surface area contributed by atoms with Crippen molar-refractivity contribution in [3.05, 3.63) is 17.5 Å². The van der Waals surface area contributed by atoms with E-state index in [1.165, 1.54) is 0 Å². The number of hydrogen-bond acceptors (Lipinski definition) is 6. The first-order valence-corrected chi connectivity index (χ1v) is 8.99. The molecule has 0 aliphatic heterocycles. The predicted molar refractivity (Wildman–Crippen MR) is 79.4 cm³/mol. The summed E-state index contributed by atoms with van der Waals surface area (Å²) in [5, 5.41) is 8.78. The monoisotopic (exact) mass is 364 g/mol. The molecule has 6 N–H and O–H groups in total. The van der Waals surface area contributed by atoms with E-state index in [0.717, 1.165) is 0 Å². The number of hydrogen-bond donors (Lipinski definition) is 6. The summed E-state index contributed by atoms with van der Waals surface area (Å²) in [7, 11) is -10.9. The Bertz CT molecular complexity index is 575. The summed E-state index contributed by atoms with van der Waals surface area (Å²) in [6, 6.07) is 1.70. The molecule has 13 heteroatoms. The van der Waals surface area contributed by atoms with Crippen molar-refractivity contribution >= 4 is 50.7 Å². The number of nitrogens with one attached hydrogen (secondary N) is 1. The second-order valence-corrected chi connectivity index (χ2v) is 8.52. The van der Waals surface area contributed by atoms with Gasteiger partial charge in [0, 0.05) is 53.9 Å². The molecule has 0 atom stereocenters. The maximum Gasteiger partial charge on any atom is 0.369 e. The summed E-state index contributed by atoms with van der Waals surface area (Å²) in [6.07, 6.45) is -0.877. The van der Waals surface area contributed by atoms with Crippen molar-refractivity contribution < 1.29 is 33.8 Å². The Morgan fingerprint density at radius 2 is 1.50 bits per heavy atom. The standard InChI is InChI=1S/C9H17N3O7P2.Na/c1-6-5-7(2)12-8(11-6)10-4-3-9(13,20(14,15)16)21(17,18)19;/h5,13H,3-4H2,1-2H3,(H,10,11,12)(H2,14,15,16)(H2,17,18,19);. The molecule has 0 saturated heterocycles. The third-order valence-electron chi connectivity index (χ3n) is 2.66. The van der Waals surface area contributed by atoms with Crippen LogP contribution in [-0.2, 0) is 9.13 Å². The molecule has 1 radical (unpaired) electrons. The molecule has 0 unspecified atom stereocenters. The maximum absolute atomic E-state index is 11.1. The third kappa shape index (κ3) is 5.35. The van der Waals surface area contributed by atoms with Crippen LogP contribution in [-0.4, -0.2) is 75.8 Å². The predicted octanol–water partition coefficient (Wildman–Crippen LogP) is -0.484. The van der Waals surface area contributed by atoms with E-state index in [9.17, 15) is 14.2 Å². The van der Waals surface area contributed by atoms with Crippen LogP contribution < -0.4 is 5.32 Å². The number of anilines is 1. The van der Waals surface area contributed by atoms with Gasteiger partial charge in [0.15, 0.2) is 0 Å². The number of aromatic nitrogens is 2. The SMILES string of the molecule is Cc1cc(C)nc(NCCC(O)(P(=O)(O)O)P(=O)(O)O)n1.[Na]. The number of aryl methyl sites for hydroxylation is 2. The second kappa shape index (κ2) is 7.81. The molecule has 0 aliphatic rings. The van der Waals surface area contributed by atoms with Gasteiger partial charge in [-0.3, -0.25) is 9.13 Å². The zero-order chi connectivity index (χ0) is 16.5. The fourth-order valence-corrected chi connectivity index (χ4v) is 3.77. The summed E-state index contributed by atoms with van der Waals surface area (Å²) in [6.45, 7) is 3.08. The molecule has 1 aromatic heterocycles. The zero-order valence-electron chi connectivity index (χ0n) is 12.3. The fourth-order valence-electron chi connectivity index (χ4n) is 1.61. The molecule has 10 nitrogen and oxygen atoms in total. The van der Waals surface area contributed by atoms with Crippen LogP contribution >= 0.6 is 15.2 Å². The van der Waals surface area contributed by atoms with E-state index in [0.29, 0.717) is 11.4 Å². The molecule has 22 heavy (non-hydrogen) atoms. The van der Waals surface area contributed by atoms with Crippen LogP contribution in [0.4, 0.5) is 5.95 Å². The van der Waals surface area contributed by atoms with Gasteiger partial charge in [-0.2, -0.15) is 0 Å². The topological polar surface area (TPSA) is 173 Å². The molecule has 0 amide bonds. The van der Waals surface area contributed by atoms with Crippen LogP contribution in [0.15, 0.2) is 6.07 Å². The van der Waals surface area contributed by atoms with E-state index in [1.807, 2.05) is 0 Å². The van der Waals surface area contributed by atoms with E-state index in [2.05, 4.69) is 15.3 Å². The van der Waals surface area contributed by atoms with Gasteiger partial charge in [0.1, 0.15) is 0 Å². The molecule has 0 saturated carbocycles. The Morgan fingerprint density at radius 1 is 1.09 bits per heavy atom. The molecule has 0 aliphatic carbocycles. The van der Waals surface area contributed by atoms with Crippen molar-refractivity contribution in [2.45, 2.75) is 25.4 Å². The Balaban J connectivity index is 0.00000441. The molecule has 1 rings (SSSR count). The van der Waals surface area contributed by atoms with Gasteiger partial charge < -0.3 is 30.0 Å². The van der Waals surface area contributed by atoms with Crippen LogP contribution in [0, 0.1) is 13.8 Å². The average molecular weight is 364 g/mol. The minimum atomic E-state index is -5.44. The molecule has 1 heterocycles. The summed E-state index contributed by atoms with van der Waals surface area (Å²) in [5.41, 5.74) is 1.29. The zero-order valence-corrected chi connectivity index (χ0v) is 16.1. The van der Waals surface area contributed by atoms with Crippen molar-refractivity contribution in [1.29, 1.82) is 0 Å². The summed E-state index contributed by atoms with van der Waals surface area (Å²) in [4.78, 5) is 43.8. The maximum atomic E-state index is 11.1. The fraction of sp³-hybridized carbons (Fsp3) is 0.556. The Kier molecular flexibility index (Phi) is 7.86. The van der Waals surface area contributed by atoms with Crippen LogP contribution in [0.1, 0.15) is 17.8 Å². The van der Waals surface area contributed by atoms with Gasteiger partial charge in [0.2, 0.25) is 5.95 Å². The molecular formula is C9H17N3NaO7P2.